The largest absolute Gasteiger partial charge is 0.309 e. The summed E-state index contributed by atoms with van der Waals surface area (Å²) in [7, 11) is 0. The molecule has 0 saturated carbocycles. The van der Waals surface area contributed by atoms with Crippen molar-refractivity contribution in [1.82, 2.24) is 9.13 Å². The number of hydrogen-bond acceptors (Lipinski definition) is 1. The Hall–Kier alpha value is -6.94. The third-order valence-electron chi connectivity index (χ3n) is 11.5. The first-order valence-electron chi connectivity index (χ1n) is 18.8. The van der Waals surface area contributed by atoms with E-state index in [1.165, 1.54) is 108 Å². The van der Waals surface area contributed by atoms with Gasteiger partial charge in [-0.05, 0) is 88.3 Å². The Labute approximate surface area is 321 Å². The van der Waals surface area contributed by atoms with Crippen LogP contribution in [-0.2, 0) is 0 Å². The zero-order valence-corrected chi connectivity index (χ0v) is 30.6. The summed E-state index contributed by atoms with van der Waals surface area (Å²) in [6.45, 7) is 0. The number of aromatic nitrogens is 2. The van der Waals surface area contributed by atoms with Crippen molar-refractivity contribution in [3.63, 3.8) is 0 Å². The topological polar surface area (TPSA) is 9.86 Å². The van der Waals surface area contributed by atoms with E-state index >= 15 is 0 Å². The molecule has 3 aromatic heterocycles. The molecule has 55 heavy (non-hydrogen) atoms. The van der Waals surface area contributed by atoms with Gasteiger partial charge in [0.25, 0.3) is 0 Å². The van der Waals surface area contributed by atoms with Crippen LogP contribution in [0, 0.1) is 0 Å². The summed E-state index contributed by atoms with van der Waals surface area (Å²) in [6, 6.07) is 71.5. The van der Waals surface area contributed by atoms with Gasteiger partial charge in [-0.15, -0.1) is 11.3 Å². The Kier molecular flexibility index (Phi) is 6.54. The number of rotatable bonds is 4. The lowest BCUT2D eigenvalue weighted by Crippen LogP contribution is -1.95. The van der Waals surface area contributed by atoms with E-state index in [9.17, 15) is 0 Å². The summed E-state index contributed by atoms with van der Waals surface area (Å²) in [5.74, 6) is 0. The second kappa shape index (κ2) is 11.8. The van der Waals surface area contributed by atoms with Crippen LogP contribution >= 0.6 is 11.3 Å². The van der Waals surface area contributed by atoms with E-state index in [0.29, 0.717) is 0 Å². The quantitative estimate of drug-likeness (QED) is 0.172. The summed E-state index contributed by atoms with van der Waals surface area (Å²) in [5.41, 5.74) is 12.1. The lowest BCUT2D eigenvalue weighted by Gasteiger charge is -2.12. The van der Waals surface area contributed by atoms with Crippen molar-refractivity contribution < 1.29 is 0 Å². The van der Waals surface area contributed by atoms with E-state index < -0.39 is 0 Å². The number of nitrogens with zero attached hydrogens (tertiary/aromatic N) is 2. The molecule has 0 aliphatic carbocycles. The third kappa shape index (κ3) is 4.54. The minimum Gasteiger partial charge on any atom is -0.309 e. The molecule has 0 aliphatic heterocycles. The van der Waals surface area contributed by atoms with Gasteiger partial charge in [0.2, 0.25) is 0 Å². The fraction of sp³-hybridized carbons (Fsp3) is 0. The molecule has 0 unspecified atom stereocenters. The highest BCUT2D eigenvalue weighted by Gasteiger charge is 2.20. The lowest BCUT2D eigenvalue weighted by molar-refractivity contribution is 1.19. The van der Waals surface area contributed by atoms with Crippen molar-refractivity contribution in [1.29, 1.82) is 0 Å². The minimum atomic E-state index is 1.17. The Balaban J connectivity index is 1.12. The van der Waals surface area contributed by atoms with E-state index in [-0.39, 0.29) is 0 Å². The first kappa shape index (κ1) is 30.5. The van der Waals surface area contributed by atoms with Gasteiger partial charge < -0.3 is 9.13 Å². The maximum atomic E-state index is 2.50. The molecule has 0 atom stereocenters. The molecular formula is C52H32N2S. The molecule has 0 amide bonds. The van der Waals surface area contributed by atoms with Gasteiger partial charge in [0.05, 0.1) is 27.8 Å². The minimum absolute atomic E-state index is 1.17. The van der Waals surface area contributed by atoms with Gasteiger partial charge in [-0.2, -0.15) is 0 Å². The van der Waals surface area contributed by atoms with E-state index in [0.717, 1.165) is 0 Å². The van der Waals surface area contributed by atoms with Crippen LogP contribution in [0.15, 0.2) is 194 Å². The van der Waals surface area contributed by atoms with Crippen molar-refractivity contribution in [2.24, 2.45) is 0 Å². The predicted octanol–water partition coefficient (Wildman–Crippen LogP) is 14.7. The van der Waals surface area contributed by atoms with Gasteiger partial charge in [0.15, 0.2) is 0 Å². The predicted molar refractivity (Wildman–Crippen MR) is 236 cm³/mol. The molecule has 256 valence electrons. The second-order valence-electron chi connectivity index (χ2n) is 14.5. The number of para-hydroxylation sites is 1. The Morgan fingerprint density at radius 2 is 0.945 bits per heavy atom. The Bertz CT molecular complexity index is 3470. The standard InChI is InChI=1S/C52H32N2S/c1-3-12-33(13-4-1)37-23-26-40-43-30-35(25-29-46(43)54(48(40)32-37)47-19-11-21-50-51(47)42-18-9-10-20-49(42)55-50)36-24-28-45-44(31-36)41-27-22-34-14-7-8-17-39(34)52(41)53(45)38-15-5-2-6-16-38/h1-32H. The zero-order chi connectivity index (χ0) is 36.0. The number of thiophene rings is 1. The average Bonchev–Trinajstić information content (AvgIpc) is 3.91. The van der Waals surface area contributed by atoms with Gasteiger partial charge in [-0.1, -0.05) is 133 Å². The van der Waals surface area contributed by atoms with Crippen molar-refractivity contribution >= 4 is 85.9 Å². The monoisotopic (exact) mass is 716 g/mol. The van der Waals surface area contributed by atoms with Gasteiger partial charge in [-0.3, -0.25) is 0 Å². The Morgan fingerprint density at radius 1 is 0.327 bits per heavy atom. The van der Waals surface area contributed by atoms with Crippen LogP contribution in [0.4, 0.5) is 0 Å². The van der Waals surface area contributed by atoms with Gasteiger partial charge >= 0.3 is 0 Å². The molecule has 0 N–H and O–H groups in total. The maximum absolute atomic E-state index is 2.50. The maximum Gasteiger partial charge on any atom is 0.0619 e. The average molecular weight is 717 g/mol. The van der Waals surface area contributed by atoms with Crippen LogP contribution < -0.4 is 0 Å². The van der Waals surface area contributed by atoms with E-state index in [4.69, 9.17) is 0 Å². The molecule has 0 fully saturated rings. The highest BCUT2D eigenvalue weighted by molar-refractivity contribution is 7.25. The van der Waals surface area contributed by atoms with Crippen LogP contribution in [0.3, 0.4) is 0 Å². The van der Waals surface area contributed by atoms with Crippen molar-refractivity contribution in [2.75, 3.05) is 0 Å². The van der Waals surface area contributed by atoms with Crippen molar-refractivity contribution in [2.45, 2.75) is 0 Å². The molecular weight excluding hydrogens is 685 g/mol. The molecule has 3 heterocycles. The van der Waals surface area contributed by atoms with Gasteiger partial charge in [-0.25, -0.2) is 0 Å². The fourth-order valence-corrected chi connectivity index (χ4v) is 10.1. The molecule has 0 spiro atoms. The first-order valence-corrected chi connectivity index (χ1v) is 19.7. The van der Waals surface area contributed by atoms with Crippen molar-refractivity contribution in [3.8, 4) is 33.6 Å². The lowest BCUT2D eigenvalue weighted by atomic mass is 9.99. The smallest absolute Gasteiger partial charge is 0.0619 e. The highest BCUT2D eigenvalue weighted by Crippen LogP contribution is 2.43. The van der Waals surface area contributed by atoms with E-state index in [1.807, 2.05) is 11.3 Å². The molecule has 2 nitrogen and oxygen atoms in total. The molecule has 0 saturated heterocycles. The van der Waals surface area contributed by atoms with Crippen LogP contribution in [0.1, 0.15) is 0 Å². The summed E-state index contributed by atoms with van der Waals surface area (Å²) in [5, 5.41) is 10.2. The van der Waals surface area contributed by atoms with Crippen LogP contribution in [0.5, 0.6) is 0 Å². The summed E-state index contributed by atoms with van der Waals surface area (Å²) in [4.78, 5) is 0. The second-order valence-corrected chi connectivity index (χ2v) is 15.6. The van der Waals surface area contributed by atoms with Crippen LogP contribution in [0.25, 0.3) is 108 Å². The molecule has 9 aromatic carbocycles. The molecule has 12 rings (SSSR count). The fourth-order valence-electron chi connectivity index (χ4n) is 9.02. The number of hydrogen-bond donors (Lipinski definition) is 0. The van der Waals surface area contributed by atoms with Crippen LogP contribution in [-0.4, -0.2) is 9.13 Å². The van der Waals surface area contributed by atoms with E-state index in [2.05, 4.69) is 203 Å². The first-order chi connectivity index (χ1) is 27.3. The summed E-state index contributed by atoms with van der Waals surface area (Å²) >= 11 is 1.87. The molecule has 12 aromatic rings. The SMILES string of the molecule is c1ccc(-c2ccc3c4cc(-c5ccc6c(c5)c5ccc7ccccc7c5n6-c5ccccc5)ccc4n(-c4cccc5sc6ccccc6c45)c3c2)cc1. The summed E-state index contributed by atoms with van der Waals surface area (Å²) < 4.78 is 7.56. The summed E-state index contributed by atoms with van der Waals surface area (Å²) in [6.07, 6.45) is 0. The van der Waals surface area contributed by atoms with Crippen molar-refractivity contribution in [3.05, 3.63) is 194 Å². The highest BCUT2D eigenvalue weighted by atomic mass is 32.1. The third-order valence-corrected chi connectivity index (χ3v) is 12.6. The van der Waals surface area contributed by atoms with E-state index in [1.54, 1.807) is 0 Å². The number of benzene rings is 9. The molecule has 0 bridgehead atoms. The molecule has 0 aliphatic rings. The molecule has 0 radical (unpaired) electrons. The Morgan fingerprint density at radius 3 is 1.76 bits per heavy atom. The number of fused-ring (bicyclic) bond motifs is 11. The normalized spacial score (nSPS) is 12.0. The zero-order valence-electron chi connectivity index (χ0n) is 29.8. The van der Waals surface area contributed by atoms with Gasteiger partial charge in [0, 0.05) is 52.8 Å². The van der Waals surface area contributed by atoms with Crippen LogP contribution in [0.2, 0.25) is 0 Å². The molecule has 3 heteroatoms. The van der Waals surface area contributed by atoms with Gasteiger partial charge in [0.1, 0.15) is 0 Å².